The molecule has 0 radical (unpaired) electrons. The van der Waals surface area contributed by atoms with E-state index in [9.17, 15) is 9.59 Å². The predicted octanol–water partition coefficient (Wildman–Crippen LogP) is 3.56. The van der Waals surface area contributed by atoms with Crippen molar-refractivity contribution in [3.63, 3.8) is 0 Å². The fraction of sp³-hybridized carbons (Fsp3) is 0.467. The van der Waals surface area contributed by atoms with Crippen molar-refractivity contribution in [1.82, 2.24) is 5.32 Å². The van der Waals surface area contributed by atoms with Crippen molar-refractivity contribution in [1.29, 1.82) is 0 Å². The van der Waals surface area contributed by atoms with Crippen LogP contribution in [0.3, 0.4) is 0 Å². The van der Waals surface area contributed by atoms with E-state index >= 15 is 0 Å². The maximum atomic E-state index is 12.6. The van der Waals surface area contributed by atoms with Gasteiger partial charge in [0.2, 0.25) is 5.91 Å². The molecule has 1 atom stereocenters. The van der Waals surface area contributed by atoms with Crippen molar-refractivity contribution in [2.75, 3.05) is 11.4 Å². The average molecular weight is 329 g/mol. The van der Waals surface area contributed by atoms with Crippen molar-refractivity contribution in [2.45, 2.75) is 33.2 Å². The molecular weight excluding hydrogens is 311 g/mol. The monoisotopic (exact) mass is 328 g/mol. The highest BCUT2D eigenvalue weighted by atomic mass is 35.5. The number of halogens is 2. The van der Waals surface area contributed by atoms with Crippen LogP contribution in [0, 0.1) is 5.92 Å². The number of benzene rings is 1. The molecule has 0 fully saturated rings. The number of hydrogen-bond donors (Lipinski definition) is 1. The van der Waals surface area contributed by atoms with Crippen LogP contribution < -0.4 is 10.2 Å². The Bertz CT molecular complexity index is 587. The molecule has 21 heavy (non-hydrogen) atoms. The van der Waals surface area contributed by atoms with E-state index in [1.807, 2.05) is 0 Å². The zero-order valence-electron chi connectivity index (χ0n) is 12.2. The second-order valence-corrected chi connectivity index (χ2v) is 6.41. The molecule has 0 saturated carbocycles. The zero-order valence-corrected chi connectivity index (χ0v) is 13.8. The Balaban J connectivity index is 2.45. The first kappa shape index (κ1) is 16.1. The lowest BCUT2D eigenvalue weighted by atomic mass is 10.1. The summed E-state index contributed by atoms with van der Waals surface area (Å²) in [7, 11) is 0. The van der Waals surface area contributed by atoms with Crippen LogP contribution in [-0.4, -0.2) is 18.4 Å². The molecule has 0 bridgehead atoms. The molecule has 1 aromatic carbocycles. The summed E-state index contributed by atoms with van der Waals surface area (Å²) in [6.45, 7) is 6.11. The van der Waals surface area contributed by atoms with Crippen LogP contribution in [0.5, 0.6) is 0 Å². The second-order valence-electron chi connectivity index (χ2n) is 5.60. The van der Waals surface area contributed by atoms with E-state index in [1.165, 1.54) is 6.92 Å². The van der Waals surface area contributed by atoms with E-state index in [4.69, 9.17) is 23.2 Å². The van der Waals surface area contributed by atoms with Crippen LogP contribution in [0.4, 0.5) is 5.69 Å². The minimum absolute atomic E-state index is 0.184. The third-order valence-electron chi connectivity index (χ3n) is 3.46. The molecular formula is C15H18Cl2N2O2. The van der Waals surface area contributed by atoms with Crippen LogP contribution >= 0.6 is 23.2 Å². The summed E-state index contributed by atoms with van der Waals surface area (Å²) in [4.78, 5) is 25.6. The van der Waals surface area contributed by atoms with Gasteiger partial charge in [-0.25, -0.2) is 0 Å². The molecule has 0 spiro atoms. The number of nitrogens with zero attached hydrogens (tertiary/aromatic N) is 1. The molecule has 0 saturated heterocycles. The zero-order chi connectivity index (χ0) is 15.7. The highest BCUT2D eigenvalue weighted by Crippen LogP contribution is 2.45. The van der Waals surface area contributed by atoms with Gasteiger partial charge in [0.1, 0.15) is 6.04 Å². The van der Waals surface area contributed by atoms with Gasteiger partial charge in [0.15, 0.2) is 0 Å². The summed E-state index contributed by atoms with van der Waals surface area (Å²) in [5.41, 5.74) is 1.21. The van der Waals surface area contributed by atoms with Crippen LogP contribution in [0.2, 0.25) is 10.0 Å². The summed E-state index contributed by atoms with van der Waals surface area (Å²) in [6.07, 6.45) is 0.848. The molecule has 1 aromatic rings. The van der Waals surface area contributed by atoms with Crippen LogP contribution in [0.1, 0.15) is 38.8 Å². The molecule has 4 nitrogen and oxygen atoms in total. The second kappa shape index (κ2) is 6.24. The minimum Gasteiger partial charge on any atom is -0.341 e. The van der Waals surface area contributed by atoms with Crippen molar-refractivity contribution < 1.29 is 9.59 Å². The van der Waals surface area contributed by atoms with E-state index in [0.29, 0.717) is 33.8 Å². The fourth-order valence-electron chi connectivity index (χ4n) is 2.44. The van der Waals surface area contributed by atoms with E-state index in [1.54, 1.807) is 17.0 Å². The summed E-state index contributed by atoms with van der Waals surface area (Å²) in [5.74, 6) is -0.00377. The molecule has 0 unspecified atom stereocenters. The Morgan fingerprint density at radius 2 is 1.95 bits per heavy atom. The van der Waals surface area contributed by atoms with Crippen LogP contribution in [0.25, 0.3) is 0 Å². The highest BCUT2D eigenvalue weighted by molar-refractivity contribution is 6.38. The minimum atomic E-state index is -0.754. The van der Waals surface area contributed by atoms with Crippen LogP contribution in [0.15, 0.2) is 12.1 Å². The van der Waals surface area contributed by atoms with Gasteiger partial charge in [-0.1, -0.05) is 37.0 Å². The van der Waals surface area contributed by atoms with Crippen LogP contribution in [-0.2, 0) is 9.59 Å². The van der Waals surface area contributed by atoms with Crippen molar-refractivity contribution >= 4 is 40.7 Å². The lowest BCUT2D eigenvalue weighted by molar-refractivity contribution is -0.126. The number of fused-ring (bicyclic) bond motifs is 1. The van der Waals surface area contributed by atoms with Gasteiger partial charge in [-0.2, -0.15) is 0 Å². The largest absolute Gasteiger partial charge is 0.341 e. The van der Waals surface area contributed by atoms with E-state index in [2.05, 4.69) is 19.2 Å². The number of carbonyl (C=O) groups excluding carboxylic acids is 2. The first-order valence-corrected chi connectivity index (χ1v) is 7.65. The summed E-state index contributed by atoms with van der Waals surface area (Å²) in [6, 6.07) is 2.57. The lowest BCUT2D eigenvalue weighted by Gasteiger charge is -2.20. The average Bonchev–Trinajstić information content (AvgIpc) is 2.66. The van der Waals surface area contributed by atoms with Gasteiger partial charge >= 0.3 is 0 Å². The van der Waals surface area contributed by atoms with E-state index < -0.39 is 6.04 Å². The standard InChI is InChI=1S/C15H18Cl2N2O2/c1-8(2)6-7-19-14-11(17)5-4-10(16)12(14)13(15(19)21)18-9(3)20/h4-5,8,13H,6-7H2,1-3H3,(H,18,20)/t13-/m0/s1. The SMILES string of the molecule is CC(=O)N[C@@H]1C(=O)N(CCC(C)C)c2c(Cl)ccc(Cl)c21. The maximum Gasteiger partial charge on any atom is 0.254 e. The first-order valence-electron chi connectivity index (χ1n) is 6.89. The number of nitrogens with one attached hydrogen (secondary N) is 1. The molecule has 6 heteroatoms. The lowest BCUT2D eigenvalue weighted by Crippen LogP contribution is -2.37. The maximum absolute atomic E-state index is 12.6. The summed E-state index contributed by atoms with van der Waals surface area (Å²) >= 11 is 12.5. The molecule has 1 aliphatic rings. The Hall–Kier alpha value is -1.26. The van der Waals surface area contributed by atoms with Gasteiger partial charge in [-0.05, 0) is 24.5 Å². The molecule has 1 N–H and O–H groups in total. The topological polar surface area (TPSA) is 49.4 Å². The highest BCUT2D eigenvalue weighted by Gasteiger charge is 2.40. The smallest absolute Gasteiger partial charge is 0.254 e. The molecule has 2 rings (SSSR count). The third kappa shape index (κ3) is 3.16. The molecule has 0 aromatic heterocycles. The van der Waals surface area contributed by atoms with Gasteiger partial charge in [-0.3, -0.25) is 9.59 Å². The summed E-state index contributed by atoms with van der Waals surface area (Å²) < 4.78 is 0. The first-order chi connectivity index (χ1) is 9.82. The van der Waals surface area contributed by atoms with Gasteiger partial charge < -0.3 is 10.2 Å². The number of hydrogen-bond acceptors (Lipinski definition) is 2. The number of carbonyl (C=O) groups is 2. The Morgan fingerprint density at radius 1 is 1.33 bits per heavy atom. The Morgan fingerprint density at radius 3 is 2.52 bits per heavy atom. The van der Waals surface area contributed by atoms with Gasteiger partial charge in [0.25, 0.3) is 5.91 Å². The molecule has 1 heterocycles. The van der Waals surface area contributed by atoms with Crippen molar-refractivity contribution in [2.24, 2.45) is 5.92 Å². The van der Waals surface area contributed by atoms with Gasteiger partial charge in [-0.15, -0.1) is 0 Å². The number of amides is 2. The molecule has 2 amide bonds. The predicted molar refractivity (Wildman–Crippen MR) is 84.8 cm³/mol. The van der Waals surface area contributed by atoms with Gasteiger partial charge in [0, 0.05) is 24.1 Å². The molecule has 0 aliphatic carbocycles. The van der Waals surface area contributed by atoms with Gasteiger partial charge in [0.05, 0.1) is 10.7 Å². The van der Waals surface area contributed by atoms with Crippen molar-refractivity contribution in [3.8, 4) is 0 Å². The number of rotatable bonds is 4. The Labute approximate surface area is 134 Å². The Kier molecular flexibility index (Phi) is 4.79. The van der Waals surface area contributed by atoms with E-state index in [-0.39, 0.29) is 11.8 Å². The van der Waals surface area contributed by atoms with E-state index in [0.717, 1.165) is 6.42 Å². The fourth-order valence-corrected chi connectivity index (χ4v) is 2.97. The third-order valence-corrected chi connectivity index (χ3v) is 4.10. The quantitative estimate of drug-likeness (QED) is 0.918. The normalized spacial score (nSPS) is 17.3. The molecule has 1 aliphatic heterocycles. The number of anilines is 1. The molecule has 114 valence electrons. The van der Waals surface area contributed by atoms with Crippen molar-refractivity contribution in [3.05, 3.63) is 27.7 Å². The summed E-state index contributed by atoms with van der Waals surface area (Å²) in [5, 5.41) is 3.57.